The molecule has 0 aliphatic heterocycles. The fourth-order valence-corrected chi connectivity index (χ4v) is 2.08. The number of thiophene rings is 1. The Bertz CT molecular complexity index is 425. The third kappa shape index (κ3) is 4.17. The number of rotatable bonds is 6. The first kappa shape index (κ1) is 12.1. The Kier molecular flexibility index (Phi) is 4.53. The average molecular weight is 248 g/mol. The number of aryl methyl sites for hydroxylation is 1. The number of aromatic nitrogens is 1. The van der Waals surface area contributed by atoms with Crippen molar-refractivity contribution in [3.05, 3.63) is 46.4 Å². The van der Waals surface area contributed by atoms with Crippen molar-refractivity contribution in [2.45, 2.75) is 13.5 Å². The number of pyridine rings is 1. The van der Waals surface area contributed by atoms with Crippen molar-refractivity contribution in [2.24, 2.45) is 0 Å². The van der Waals surface area contributed by atoms with Crippen molar-refractivity contribution in [2.75, 3.05) is 13.2 Å². The summed E-state index contributed by atoms with van der Waals surface area (Å²) in [6.45, 7) is 4.38. The third-order valence-corrected chi connectivity index (χ3v) is 3.19. The molecule has 0 atom stereocenters. The summed E-state index contributed by atoms with van der Waals surface area (Å²) >= 11 is 1.77. The van der Waals surface area contributed by atoms with Crippen molar-refractivity contribution in [3.8, 4) is 5.75 Å². The van der Waals surface area contributed by atoms with Gasteiger partial charge in [-0.05, 0) is 30.5 Å². The molecular weight excluding hydrogens is 232 g/mol. The second-order valence-corrected chi connectivity index (χ2v) is 4.77. The van der Waals surface area contributed by atoms with E-state index in [1.165, 1.54) is 4.88 Å². The summed E-state index contributed by atoms with van der Waals surface area (Å²) in [4.78, 5) is 5.52. The van der Waals surface area contributed by atoms with E-state index in [-0.39, 0.29) is 0 Å². The van der Waals surface area contributed by atoms with Crippen molar-refractivity contribution in [1.29, 1.82) is 0 Å². The summed E-state index contributed by atoms with van der Waals surface area (Å²) in [7, 11) is 0. The van der Waals surface area contributed by atoms with Gasteiger partial charge in [-0.15, -0.1) is 11.3 Å². The minimum atomic E-state index is 0.663. The summed E-state index contributed by atoms with van der Waals surface area (Å²) in [6, 6.07) is 8.09. The van der Waals surface area contributed by atoms with Crippen molar-refractivity contribution >= 4 is 11.3 Å². The van der Waals surface area contributed by atoms with Gasteiger partial charge in [0.15, 0.2) is 0 Å². The van der Waals surface area contributed by atoms with Crippen molar-refractivity contribution in [1.82, 2.24) is 10.3 Å². The molecule has 1 N–H and O–H groups in total. The topological polar surface area (TPSA) is 34.1 Å². The molecule has 0 aliphatic carbocycles. The van der Waals surface area contributed by atoms with E-state index in [4.69, 9.17) is 4.74 Å². The lowest BCUT2D eigenvalue weighted by Gasteiger charge is -2.06. The molecule has 0 saturated carbocycles. The van der Waals surface area contributed by atoms with Crippen LogP contribution in [0.1, 0.15) is 10.6 Å². The lowest BCUT2D eigenvalue weighted by atomic mass is 10.4. The van der Waals surface area contributed by atoms with Gasteiger partial charge in [-0.25, -0.2) is 0 Å². The summed E-state index contributed by atoms with van der Waals surface area (Å²) in [5, 5.41) is 5.42. The highest BCUT2D eigenvalue weighted by Gasteiger charge is 1.95. The SMILES string of the molecule is Cc1ccc(OCCNCc2cccs2)cn1. The fraction of sp³-hybridized carbons (Fsp3) is 0.308. The first-order valence-corrected chi connectivity index (χ1v) is 6.51. The van der Waals surface area contributed by atoms with E-state index in [2.05, 4.69) is 27.8 Å². The van der Waals surface area contributed by atoms with Gasteiger partial charge in [0.25, 0.3) is 0 Å². The molecule has 2 aromatic heterocycles. The zero-order valence-electron chi connectivity index (χ0n) is 9.85. The molecule has 4 heteroatoms. The van der Waals surface area contributed by atoms with Gasteiger partial charge >= 0.3 is 0 Å². The monoisotopic (exact) mass is 248 g/mol. The summed E-state index contributed by atoms with van der Waals surface area (Å²) in [5.41, 5.74) is 1.01. The molecule has 0 spiro atoms. The zero-order chi connectivity index (χ0) is 11.9. The molecule has 0 unspecified atom stereocenters. The quantitative estimate of drug-likeness (QED) is 0.798. The fourth-order valence-electron chi connectivity index (χ4n) is 1.41. The van der Waals surface area contributed by atoms with Crippen molar-refractivity contribution in [3.63, 3.8) is 0 Å². The van der Waals surface area contributed by atoms with Crippen LogP contribution >= 0.6 is 11.3 Å². The third-order valence-electron chi connectivity index (χ3n) is 2.31. The molecule has 0 amide bonds. The number of nitrogens with one attached hydrogen (secondary N) is 1. The normalized spacial score (nSPS) is 10.4. The predicted molar refractivity (Wildman–Crippen MR) is 70.5 cm³/mol. The Hall–Kier alpha value is -1.39. The Labute approximate surface area is 105 Å². The van der Waals surface area contributed by atoms with E-state index in [1.807, 2.05) is 19.1 Å². The van der Waals surface area contributed by atoms with Gasteiger partial charge in [-0.3, -0.25) is 4.98 Å². The predicted octanol–water partition coefficient (Wildman–Crippen LogP) is 2.62. The highest BCUT2D eigenvalue weighted by atomic mass is 32.1. The van der Waals surface area contributed by atoms with Crippen LogP contribution in [-0.2, 0) is 6.54 Å². The number of hydrogen-bond acceptors (Lipinski definition) is 4. The molecule has 2 heterocycles. The van der Waals surface area contributed by atoms with Gasteiger partial charge in [-0.1, -0.05) is 6.07 Å². The molecular formula is C13H16N2OS. The van der Waals surface area contributed by atoms with Gasteiger partial charge in [0.05, 0.1) is 6.20 Å². The highest BCUT2D eigenvalue weighted by Crippen LogP contribution is 2.08. The van der Waals surface area contributed by atoms with Gasteiger partial charge in [0.2, 0.25) is 0 Å². The summed E-state index contributed by atoms with van der Waals surface area (Å²) < 4.78 is 5.56. The minimum Gasteiger partial charge on any atom is -0.491 e. The van der Waals surface area contributed by atoms with Crippen LogP contribution in [0, 0.1) is 6.92 Å². The molecule has 2 aromatic rings. The van der Waals surface area contributed by atoms with E-state index >= 15 is 0 Å². The number of ether oxygens (including phenoxy) is 1. The van der Waals surface area contributed by atoms with Gasteiger partial charge in [0.1, 0.15) is 12.4 Å². The van der Waals surface area contributed by atoms with E-state index in [0.29, 0.717) is 6.61 Å². The molecule has 2 rings (SSSR count). The van der Waals surface area contributed by atoms with Crippen LogP contribution in [0.15, 0.2) is 35.8 Å². The maximum atomic E-state index is 5.56. The molecule has 0 aromatic carbocycles. The smallest absolute Gasteiger partial charge is 0.137 e. The van der Waals surface area contributed by atoms with E-state index in [0.717, 1.165) is 24.5 Å². The number of nitrogens with zero attached hydrogens (tertiary/aromatic N) is 1. The van der Waals surface area contributed by atoms with Crippen molar-refractivity contribution < 1.29 is 4.74 Å². The van der Waals surface area contributed by atoms with Crippen LogP contribution < -0.4 is 10.1 Å². The molecule has 0 fully saturated rings. The Morgan fingerprint density at radius 3 is 3.00 bits per heavy atom. The Morgan fingerprint density at radius 2 is 2.29 bits per heavy atom. The second kappa shape index (κ2) is 6.37. The molecule has 0 bridgehead atoms. The standard InChI is InChI=1S/C13H16N2OS/c1-11-4-5-12(9-15-11)16-7-6-14-10-13-3-2-8-17-13/h2-5,8-9,14H,6-7,10H2,1H3. The lowest BCUT2D eigenvalue weighted by Crippen LogP contribution is -2.20. The van der Waals surface area contributed by atoms with E-state index in [9.17, 15) is 0 Å². The van der Waals surface area contributed by atoms with Crippen LogP contribution in [-0.4, -0.2) is 18.1 Å². The minimum absolute atomic E-state index is 0.663. The van der Waals surface area contributed by atoms with Crippen LogP contribution in [0.3, 0.4) is 0 Å². The largest absolute Gasteiger partial charge is 0.491 e. The first-order valence-electron chi connectivity index (χ1n) is 5.63. The summed E-state index contributed by atoms with van der Waals surface area (Å²) in [5.74, 6) is 0.827. The second-order valence-electron chi connectivity index (χ2n) is 3.74. The van der Waals surface area contributed by atoms with Gasteiger partial charge in [-0.2, -0.15) is 0 Å². The van der Waals surface area contributed by atoms with E-state index in [1.54, 1.807) is 17.5 Å². The molecule has 17 heavy (non-hydrogen) atoms. The maximum absolute atomic E-state index is 5.56. The molecule has 0 radical (unpaired) electrons. The van der Waals surface area contributed by atoms with E-state index < -0.39 is 0 Å². The average Bonchev–Trinajstić information content (AvgIpc) is 2.84. The van der Waals surface area contributed by atoms with Crippen LogP contribution in [0.25, 0.3) is 0 Å². The van der Waals surface area contributed by atoms with Gasteiger partial charge < -0.3 is 10.1 Å². The molecule has 3 nitrogen and oxygen atoms in total. The number of hydrogen-bond donors (Lipinski definition) is 1. The van der Waals surface area contributed by atoms with Crippen LogP contribution in [0.5, 0.6) is 5.75 Å². The van der Waals surface area contributed by atoms with Gasteiger partial charge in [0, 0.05) is 23.7 Å². The van der Waals surface area contributed by atoms with Crippen LogP contribution in [0.2, 0.25) is 0 Å². The lowest BCUT2D eigenvalue weighted by molar-refractivity contribution is 0.312. The molecule has 0 saturated heterocycles. The molecule has 0 aliphatic rings. The first-order chi connectivity index (χ1) is 8.34. The van der Waals surface area contributed by atoms with Crippen LogP contribution in [0.4, 0.5) is 0 Å². The maximum Gasteiger partial charge on any atom is 0.137 e. The Balaban J connectivity index is 1.61. The Morgan fingerprint density at radius 1 is 1.35 bits per heavy atom. The summed E-state index contributed by atoms with van der Waals surface area (Å²) in [6.07, 6.45) is 1.76. The molecule has 90 valence electrons. The zero-order valence-corrected chi connectivity index (χ0v) is 10.7. The highest BCUT2D eigenvalue weighted by molar-refractivity contribution is 7.09.